The van der Waals surface area contributed by atoms with Crippen molar-refractivity contribution in [2.45, 2.75) is 58.5 Å². The van der Waals surface area contributed by atoms with Gasteiger partial charge in [-0.25, -0.2) is 0 Å². The number of carboxylic acid groups (broad SMARTS) is 1. The van der Waals surface area contributed by atoms with E-state index in [-0.39, 0.29) is 0 Å². The molecule has 0 saturated heterocycles. The number of aliphatic carboxylic acids is 1. The van der Waals surface area contributed by atoms with Gasteiger partial charge in [-0.1, -0.05) is 6.92 Å². The van der Waals surface area contributed by atoms with Gasteiger partial charge < -0.3 is 10.4 Å². The molecule has 0 aromatic rings. The molecular formula is C14H28N2O2. The lowest BCUT2D eigenvalue weighted by Gasteiger charge is -2.35. The molecule has 1 aliphatic rings. The topological polar surface area (TPSA) is 52.6 Å². The molecular weight excluding hydrogens is 228 g/mol. The molecule has 2 N–H and O–H groups in total. The molecule has 0 spiro atoms. The molecule has 1 fully saturated rings. The summed E-state index contributed by atoms with van der Waals surface area (Å²) < 4.78 is 0. The van der Waals surface area contributed by atoms with Gasteiger partial charge in [0.2, 0.25) is 0 Å². The third-order valence-electron chi connectivity index (χ3n) is 3.68. The number of rotatable bonds is 9. The Morgan fingerprint density at radius 2 is 2.11 bits per heavy atom. The minimum Gasteiger partial charge on any atom is -0.480 e. The summed E-state index contributed by atoms with van der Waals surface area (Å²) in [5, 5.41) is 12.6. The third kappa shape index (κ3) is 4.58. The number of carbonyl (C=O) groups is 1. The van der Waals surface area contributed by atoms with E-state index in [1.807, 2.05) is 0 Å². The van der Waals surface area contributed by atoms with E-state index >= 15 is 0 Å². The smallest absolute Gasteiger partial charge is 0.324 e. The van der Waals surface area contributed by atoms with Crippen molar-refractivity contribution in [3.63, 3.8) is 0 Å². The summed E-state index contributed by atoms with van der Waals surface area (Å²) in [6.45, 7) is 10.5. The van der Waals surface area contributed by atoms with E-state index in [1.54, 1.807) is 6.92 Å². The predicted molar refractivity (Wildman–Crippen MR) is 73.8 cm³/mol. The third-order valence-corrected chi connectivity index (χ3v) is 3.68. The molecule has 0 aliphatic heterocycles. The van der Waals surface area contributed by atoms with Crippen LogP contribution in [0.15, 0.2) is 0 Å². The normalized spacial score (nSPS) is 19.2. The maximum absolute atomic E-state index is 11.5. The van der Waals surface area contributed by atoms with Crippen molar-refractivity contribution in [3.8, 4) is 0 Å². The molecule has 4 nitrogen and oxygen atoms in total. The van der Waals surface area contributed by atoms with Crippen molar-refractivity contribution in [1.82, 2.24) is 10.2 Å². The van der Waals surface area contributed by atoms with Crippen LogP contribution in [0.1, 0.15) is 47.0 Å². The highest BCUT2D eigenvalue weighted by molar-refractivity contribution is 5.78. The molecule has 0 heterocycles. The first-order chi connectivity index (χ1) is 8.39. The molecule has 1 saturated carbocycles. The first-order valence-electron chi connectivity index (χ1n) is 7.11. The SMILES string of the molecule is CCCNC(C)(CN(CC1CC1)C(C)C)C(=O)O. The second-order valence-corrected chi connectivity index (χ2v) is 6.03. The fourth-order valence-corrected chi connectivity index (χ4v) is 2.10. The van der Waals surface area contributed by atoms with E-state index in [1.165, 1.54) is 12.8 Å². The minimum atomic E-state index is -0.838. The summed E-state index contributed by atoms with van der Waals surface area (Å²) in [4.78, 5) is 13.8. The summed E-state index contributed by atoms with van der Waals surface area (Å²) in [6.07, 6.45) is 3.55. The van der Waals surface area contributed by atoms with Crippen LogP contribution in [-0.2, 0) is 4.79 Å². The average Bonchev–Trinajstić information content (AvgIpc) is 3.09. The maximum atomic E-state index is 11.5. The van der Waals surface area contributed by atoms with Gasteiger partial charge in [0, 0.05) is 19.1 Å². The number of carboxylic acids is 1. The fourth-order valence-electron chi connectivity index (χ4n) is 2.10. The fraction of sp³-hybridized carbons (Fsp3) is 0.929. The first-order valence-corrected chi connectivity index (χ1v) is 7.11. The number of nitrogens with one attached hydrogen (secondary N) is 1. The molecule has 1 atom stereocenters. The molecule has 0 aromatic heterocycles. The molecule has 106 valence electrons. The Balaban J connectivity index is 2.62. The molecule has 1 aliphatic carbocycles. The van der Waals surface area contributed by atoms with E-state index in [2.05, 4.69) is 31.0 Å². The van der Waals surface area contributed by atoms with Crippen molar-refractivity contribution >= 4 is 5.97 Å². The quantitative estimate of drug-likeness (QED) is 0.662. The van der Waals surface area contributed by atoms with Crippen LogP contribution in [0, 0.1) is 5.92 Å². The van der Waals surface area contributed by atoms with Gasteiger partial charge in [0.25, 0.3) is 0 Å². The number of hydrogen-bond acceptors (Lipinski definition) is 3. The second-order valence-electron chi connectivity index (χ2n) is 6.03. The molecule has 0 bridgehead atoms. The first kappa shape index (κ1) is 15.4. The van der Waals surface area contributed by atoms with Gasteiger partial charge in [0.05, 0.1) is 0 Å². The van der Waals surface area contributed by atoms with Gasteiger partial charge in [-0.3, -0.25) is 9.69 Å². The molecule has 0 amide bonds. The average molecular weight is 256 g/mol. The molecule has 0 aromatic carbocycles. The number of nitrogens with zero attached hydrogens (tertiary/aromatic N) is 1. The zero-order valence-corrected chi connectivity index (χ0v) is 12.2. The van der Waals surface area contributed by atoms with Crippen molar-refractivity contribution in [3.05, 3.63) is 0 Å². The van der Waals surface area contributed by atoms with E-state index in [0.29, 0.717) is 12.6 Å². The Bertz CT molecular complexity index is 277. The van der Waals surface area contributed by atoms with Crippen molar-refractivity contribution < 1.29 is 9.90 Å². The van der Waals surface area contributed by atoms with E-state index in [4.69, 9.17) is 0 Å². The monoisotopic (exact) mass is 256 g/mol. The largest absolute Gasteiger partial charge is 0.480 e. The van der Waals surface area contributed by atoms with E-state index < -0.39 is 11.5 Å². The highest BCUT2D eigenvalue weighted by Crippen LogP contribution is 2.30. The van der Waals surface area contributed by atoms with Crippen LogP contribution in [0.4, 0.5) is 0 Å². The predicted octanol–water partition coefficient (Wildman–Crippen LogP) is 1.95. The number of hydrogen-bond donors (Lipinski definition) is 2. The molecule has 4 heteroatoms. The van der Waals surface area contributed by atoms with Gasteiger partial charge in [0.15, 0.2) is 0 Å². The van der Waals surface area contributed by atoms with Crippen LogP contribution in [0.3, 0.4) is 0 Å². The van der Waals surface area contributed by atoms with Crippen molar-refractivity contribution in [1.29, 1.82) is 0 Å². The summed E-state index contributed by atoms with van der Waals surface area (Å²) >= 11 is 0. The highest BCUT2D eigenvalue weighted by atomic mass is 16.4. The van der Waals surface area contributed by atoms with Crippen LogP contribution in [0.5, 0.6) is 0 Å². The van der Waals surface area contributed by atoms with Crippen LogP contribution >= 0.6 is 0 Å². The second kappa shape index (κ2) is 6.53. The van der Waals surface area contributed by atoms with Gasteiger partial charge in [-0.15, -0.1) is 0 Å². The lowest BCUT2D eigenvalue weighted by Crippen LogP contribution is -2.58. The van der Waals surface area contributed by atoms with Gasteiger partial charge >= 0.3 is 5.97 Å². The van der Waals surface area contributed by atoms with Crippen molar-refractivity contribution in [2.24, 2.45) is 5.92 Å². The standard InChI is InChI=1S/C14H28N2O2/c1-5-8-15-14(4,13(17)18)10-16(11(2)3)9-12-6-7-12/h11-12,15H,5-10H2,1-4H3,(H,17,18). The van der Waals surface area contributed by atoms with Crippen molar-refractivity contribution in [2.75, 3.05) is 19.6 Å². The summed E-state index contributed by atoms with van der Waals surface area (Å²) in [5.74, 6) is 0.0361. The zero-order valence-electron chi connectivity index (χ0n) is 12.2. The molecule has 1 rings (SSSR count). The van der Waals surface area contributed by atoms with Gasteiger partial charge in [-0.05, 0) is 52.5 Å². The van der Waals surface area contributed by atoms with Crippen LogP contribution in [-0.4, -0.2) is 47.2 Å². The lowest BCUT2D eigenvalue weighted by atomic mass is 10.0. The Hall–Kier alpha value is -0.610. The van der Waals surface area contributed by atoms with E-state index in [9.17, 15) is 9.90 Å². The van der Waals surface area contributed by atoms with Gasteiger partial charge in [-0.2, -0.15) is 0 Å². The van der Waals surface area contributed by atoms with Crippen LogP contribution in [0.25, 0.3) is 0 Å². The Morgan fingerprint density at radius 1 is 1.50 bits per heavy atom. The highest BCUT2D eigenvalue weighted by Gasteiger charge is 2.36. The molecule has 1 unspecified atom stereocenters. The lowest BCUT2D eigenvalue weighted by molar-refractivity contribution is -0.145. The Labute approximate surface area is 111 Å². The van der Waals surface area contributed by atoms with Crippen LogP contribution in [0.2, 0.25) is 0 Å². The molecule has 0 radical (unpaired) electrons. The summed E-state index contributed by atoms with van der Waals surface area (Å²) in [7, 11) is 0. The van der Waals surface area contributed by atoms with Crippen LogP contribution < -0.4 is 5.32 Å². The summed E-state index contributed by atoms with van der Waals surface area (Å²) in [6, 6.07) is 0.396. The summed E-state index contributed by atoms with van der Waals surface area (Å²) in [5.41, 5.74) is -0.838. The van der Waals surface area contributed by atoms with E-state index in [0.717, 1.165) is 25.4 Å². The Morgan fingerprint density at radius 3 is 2.50 bits per heavy atom. The maximum Gasteiger partial charge on any atom is 0.324 e. The zero-order chi connectivity index (χ0) is 13.8. The Kier molecular flexibility index (Phi) is 5.60. The minimum absolute atomic E-state index is 0.396. The van der Waals surface area contributed by atoms with Gasteiger partial charge in [0.1, 0.15) is 5.54 Å². The molecule has 18 heavy (non-hydrogen) atoms.